The molecule has 16 heavy (non-hydrogen) atoms. The van der Waals surface area contributed by atoms with Crippen molar-refractivity contribution in [3.8, 4) is 5.75 Å². The predicted molar refractivity (Wildman–Crippen MR) is 55.6 cm³/mol. The largest absolute Gasteiger partial charge is 1.00 e. The molecule has 0 radical (unpaired) electrons. The third-order valence-electron chi connectivity index (χ3n) is 1.98. The van der Waals surface area contributed by atoms with Crippen LogP contribution >= 0.6 is 0 Å². The Morgan fingerprint density at radius 1 is 1.31 bits per heavy atom. The first-order chi connectivity index (χ1) is 6.79. The Labute approximate surface area is 139 Å². The summed E-state index contributed by atoms with van der Waals surface area (Å²) in [7, 11) is -4.70. The Morgan fingerprint density at radius 3 is 2.31 bits per heavy atom. The first-order valence-electron chi connectivity index (χ1n) is 4.55. The number of aryl methyl sites for hydroxylation is 1. The minimum atomic E-state index is -4.70. The van der Waals surface area contributed by atoms with Crippen LogP contribution in [0.3, 0.4) is 0 Å². The van der Waals surface area contributed by atoms with E-state index in [1.807, 2.05) is 19.9 Å². The molecule has 0 N–H and O–H groups in total. The van der Waals surface area contributed by atoms with Crippen LogP contribution in [0.2, 0.25) is 0 Å². The van der Waals surface area contributed by atoms with Gasteiger partial charge in [-0.15, -0.1) is 0 Å². The van der Waals surface area contributed by atoms with Crippen molar-refractivity contribution in [1.82, 2.24) is 0 Å². The maximum Gasteiger partial charge on any atom is 1.00 e. The topological polar surface area (TPSA) is 66.4 Å². The van der Waals surface area contributed by atoms with E-state index in [9.17, 15) is 13.0 Å². The quantitative estimate of drug-likeness (QED) is 0.399. The molecule has 0 aliphatic carbocycles. The van der Waals surface area contributed by atoms with Gasteiger partial charge < -0.3 is 8.74 Å². The van der Waals surface area contributed by atoms with Crippen molar-refractivity contribution >= 4 is 10.4 Å². The number of benzene rings is 1. The van der Waals surface area contributed by atoms with Gasteiger partial charge >= 0.3 is 51.4 Å². The fraction of sp³-hybridized carbons (Fsp3) is 0.400. The maximum absolute atomic E-state index is 10.5. The molecule has 0 unspecified atom stereocenters. The molecule has 1 aromatic rings. The molecule has 4 nitrogen and oxygen atoms in total. The van der Waals surface area contributed by atoms with E-state index in [0.717, 1.165) is 5.56 Å². The van der Waals surface area contributed by atoms with Crippen LogP contribution < -0.4 is 55.6 Å². The molecule has 0 amide bonds. The van der Waals surface area contributed by atoms with E-state index in [1.54, 1.807) is 19.1 Å². The molecular weight excluding hydrogens is 255 g/mol. The molecule has 6 heteroatoms. The zero-order chi connectivity index (χ0) is 11.6. The van der Waals surface area contributed by atoms with Crippen molar-refractivity contribution in [1.29, 1.82) is 0 Å². The van der Waals surface area contributed by atoms with Crippen molar-refractivity contribution in [2.24, 2.45) is 0 Å². The first-order valence-corrected chi connectivity index (χ1v) is 5.89. The molecule has 0 aromatic heterocycles. The van der Waals surface area contributed by atoms with Gasteiger partial charge in [0.15, 0.2) is 0 Å². The molecule has 0 atom stereocenters. The molecule has 0 fully saturated rings. The van der Waals surface area contributed by atoms with E-state index in [4.69, 9.17) is 0 Å². The van der Waals surface area contributed by atoms with Crippen LogP contribution in [0.25, 0.3) is 0 Å². The summed E-state index contributed by atoms with van der Waals surface area (Å²) in [6.45, 7) is 5.60. The maximum atomic E-state index is 10.5. The summed E-state index contributed by atoms with van der Waals surface area (Å²) in [6, 6.07) is 5.16. The molecule has 0 aliphatic heterocycles. The summed E-state index contributed by atoms with van der Waals surface area (Å²) >= 11 is 0. The molecule has 1 aromatic carbocycles. The van der Waals surface area contributed by atoms with Gasteiger partial charge in [0.2, 0.25) is 0 Å². The van der Waals surface area contributed by atoms with Crippen LogP contribution in [0.5, 0.6) is 5.75 Å². The summed E-state index contributed by atoms with van der Waals surface area (Å²) in [4.78, 5) is 0. The summed E-state index contributed by atoms with van der Waals surface area (Å²) in [5.41, 5.74) is 1.55. The number of hydrogen-bond acceptors (Lipinski definition) is 4. The average Bonchev–Trinajstić information content (AvgIpc) is 1.99. The monoisotopic (exact) mass is 268 g/mol. The van der Waals surface area contributed by atoms with Gasteiger partial charge in [0, 0.05) is 0 Å². The van der Waals surface area contributed by atoms with Crippen molar-refractivity contribution in [3.63, 3.8) is 0 Å². The Hall–Kier alpha value is 0.566. The fourth-order valence-electron chi connectivity index (χ4n) is 1.30. The van der Waals surface area contributed by atoms with Crippen molar-refractivity contribution in [3.05, 3.63) is 29.3 Å². The van der Waals surface area contributed by atoms with Crippen molar-refractivity contribution in [2.45, 2.75) is 26.7 Å². The van der Waals surface area contributed by atoms with E-state index in [1.165, 1.54) is 0 Å². The molecule has 0 heterocycles. The van der Waals surface area contributed by atoms with Crippen molar-refractivity contribution in [2.75, 3.05) is 0 Å². The zero-order valence-corrected chi connectivity index (χ0v) is 13.8. The third-order valence-corrected chi connectivity index (χ3v) is 2.37. The van der Waals surface area contributed by atoms with Crippen molar-refractivity contribution < 1.29 is 68.5 Å². The number of rotatable bonds is 3. The van der Waals surface area contributed by atoms with E-state index in [2.05, 4.69) is 4.18 Å². The second-order valence-corrected chi connectivity index (χ2v) is 4.67. The van der Waals surface area contributed by atoms with E-state index < -0.39 is 10.4 Å². The van der Waals surface area contributed by atoms with Gasteiger partial charge in [-0.1, -0.05) is 26.0 Å². The van der Waals surface area contributed by atoms with Gasteiger partial charge in [0.1, 0.15) is 5.75 Å². The number of hydrogen-bond donors (Lipinski definition) is 0. The molecule has 84 valence electrons. The second-order valence-electron chi connectivity index (χ2n) is 3.69. The zero-order valence-electron chi connectivity index (χ0n) is 9.85. The van der Waals surface area contributed by atoms with E-state index in [-0.39, 0.29) is 63.1 Å². The smallest absolute Gasteiger partial charge is 0.716 e. The molecule has 0 saturated carbocycles. The molecule has 0 spiro atoms. The van der Waals surface area contributed by atoms with Crippen LogP contribution in [-0.2, 0) is 10.4 Å². The first kappa shape index (κ1) is 16.6. The van der Waals surface area contributed by atoms with Gasteiger partial charge in [0.25, 0.3) is 10.4 Å². The van der Waals surface area contributed by atoms with Gasteiger partial charge in [-0.2, -0.15) is 0 Å². The fourth-order valence-corrected chi connectivity index (χ4v) is 1.66. The molecule has 0 aliphatic rings. The summed E-state index contributed by atoms with van der Waals surface area (Å²) < 4.78 is 35.9. The molecule has 0 bridgehead atoms. The van der Waals surface area contributed by atoms with Crippen LogP contribution in [0, 0.1) is 6.92 Å². The SMILES string of the molecule is Cc1ccc(C(C)C)c(OS(=O)(=O)[O-])c1.[K+]. The Bertz CT molecular complexity index is 454. The van der Waals surface area contributed by atoms with Crippen LogP contribution in [-0.4, -0.2) is 13.0 Å². The third kappa shape index (κ3) is 5.26. The minimum Gasteiger partial charge on any atom is -0.716 e. The second kappa shape index (κ2) is 6.49. The predicted octanol–water partition coefficient (Wildman–Crippen LogP) is -1.04. The minimum absolute atomic E-state index is 0. The van der Waals surface area contributed by atoms with Gasteiger partial charge in [-0.05, 0) is 30.0 Å². The molecular formula is C10H13KO4S. The van der Waals surface area contributed by atoms with Crippen LogP contribution in [0.4, 0.5) is 0 Å². The summed E-state index contributed by atoms with van der Waals surface area (Å²) in [6.07, 6.45) is 0. The van der Waals surface area contributed by atoms with Crippen LogP contribution in [0.15, 0.2) is 18.2 Å². The van der Waals surface area contributed by atoms with Gasteiger partial charge in [-0.3, -0.25) is 0 Å². The van der Waals surface area contributed by atoms with E-state index >= 15 is 0 Å². The molecule has 1 rings (SSSR count). The Kier molecular flexibility index (Phi) is 6.72. The average molecular weight is 268 g/mol. The summed E-state index contributed by atoms with van der Waals surface area (Å²) in [5.74, 6) is 0.224. The van der Waals surface area contributed by atoms with Gasteiger partial charge in [0.05, 0.1) is 0 Å². The Balaban J connectivity index is 0.00000225. The standard InChI is InChI=1S/C10H14O4S.K/c1-7(2)9-5-4-8(3)6-10(9)14-15(11,12)13;/h4-7H,1-3H3,(H,11,12,13);/q;+1/p-1. The summed E-state index contributed by atoms with van der Waals surface area (Å²) in [5, 5.41) is 0. The Morgan fingerprint density at radius 2 is 1.88 bits per heavy atom. The molecule has 0 saturated heterocycles. The van der Waals surface area contributed by atoms with Crippen LogP contribution in [0.1, 0.15) is 30.9 Å². The normalized spacial score (nSPS) is 11.1. The van der Waals surface area contributed by atoms with E-state index in [0.29, 0.717) is 5.56 Å². The van der Waals surface area contributed by atoms with Gasteiger partial charge in [-0.25, -0.2) is 8.42 Å².